The number of carbonyl (C=O) groups excluding carboxylic acids is 14. The Hall–Kier alpha value is -10.0. The average Bonchev–Trinajstić information content (AvgIpc) is 1.74. The topological polar surface area (TPSA) is 323 Å². The molecule has 107 heavy (non-hydrogen) atoms. The molecule has 4 aromatic rings. The number of ketones is 14. The molecule has 5 aliphatic rings. The lowest BCUT2D eigenvalue weighted by atomic mass is 9.77. The number of aliphatic hydroxyl groups is 1. The lowest BCUT2D eigenvalue weighted by Gasteiger charge is -2.24. The Labute approximate surface area is 623 Å². The van der Waals surface area contributed by atoms with Crippen LogP contribution in [-0.4, -0.2) is 104 Å². The van der Waals surface area contributed by atoms with E-state index in [1.54, 1.807) is 62.4 Å². The molecule has 9 rings (SSSR count). The second-order valence-electron chi connectivity index (χ2n) is 30.2. The predicted molar refractivity (Wildman–Crippen MR) is 400 cm³/mol. The summed E-state index contributed by atoms with van der Waals surface area (Å²) in [6.45, 7) is 15.2. The van der Waals surface area contributed by atoms with Gasteiger partial charge in [0.2, 0.25) is 0 Å². The van der Waals surface area contributed by atoms with Gasteiger partial charge in [-0.15, -0.1) is 0 Å². The van der Waals surface area contributed by atoms with Gasteiger partial charge in [-0.3, -0.25) is 57.5 Å². The third kappa shape index (κ3) is 21.4. The van der Waals surface area contributed by atoms with Crippen molar-refractivity contribution in [3.63, 3.8) is 0 Å². The summed E-state index contributed by atoms with van der Waals surface area (Å²) in [5.41, 5.74) is 6.90. The number of carbonyl (C=O) groups is 15. The Morgan fingerprint density at radius 1 is 0.589 bits per heavy atom. The summed E-state index contributed by atoms with van der Waals surface area (Å²) in [4.78, 5) is 205. The summed E-state index contributed by atoms with van der Waals surface area (Å²) < 4.78 is 12.2. The lowest BCUT2D eigenvalue weighted by Crippen LogP contribution is -2.34. The number of fused-ring (bicyclic) bond motifs is 7. The average molecular weight is 1460 g/mol. The minimum Gasteiger partial charge on any atom is -0.481 e. The summed E-state index contributed by atoms with van der Waals surface area (Å²) in [6.07, 6.45) is 11.5. The molecule has 0 aliphatic heterocycles. The molecule has 0 amide bonds. The number of carboxylic acid groups (broad SMARTS) is 1. The Morgan fingerprint density at radius 3 is 1.99 bits per heavy atom. The Bertz CT molecular complexity index is 4440. The van der Waals surface area contributed by atoms with Crippen LogP contribution in [0.3, 0.4) is 0 Å². The lowest BCUT2D eigenvalue weighted by molar-refractivity contribution is -0.145. The molecule has 5 aliphatic carbocycles. The summed E-state index contributed by atoms with van der Waals surface area (Å²) in [6, 6.07) is 15.7. The van der Waals surface area contributed by atoms with Gasteiger partial charge in [-0.25, -0.2) is 0 Å². The first-order chi connectivity index (χ1) is 50.9. The monoisotopic (exact) mass is 1460 g/mol. The van der Waals surface area contributed by atoms with Gasteiger partial charge in [0, 0.05) is 165 Å². The van der Waals surface area contributed by atoms with E-state index in [4.69, 9.17) is 8.83 Å². The van der Waals surface area contributed by atoms with Gasteiger partial charge >= 0.3 is 5.97 Å². The molecule has 562 valence electrons. The van der Waals surface area contributed by atoms with Gasteiger partial charge in [-0.2, -0.15) is 0 Å². The minimum atomic E-state index is -1.22. The zero-order chi connectivity index (χ0) is 77.5. The third-order valence-corrected chi connectivity index (χ3v) is 22.0. The quantitative estimate of drug-likeness (QED) is 0.0582. The number of carboxylic acids is 1. The van der Waals surface area contributed by atoms with Gasteiger partial charge in [0.15, 0.2) is 23.1 Å². The van der Waals surface area contributed by atoms with Crippen molar-refractivity contribution >= 4 is 98.1 Å². The van der Waals surface area contributed by atoms with Gasteiger partial charge in [0.05, 0.1) is 24.4 Å². The molecule has 1 saturated carbocycles. The molecule has 9 unspecified atom stereocenters. The van der Waals surface area contributed by atoms with Crippen molar-refractivity contribution in [2.75, 3.05) is 6.61 Å². The van der Waals surface area contributed by atoms with Crippen LogP contribution in [0.25, 0.3) is 33.6 Å². The number of Topliss-reactive ketones (excluding diaryl/α,β-unsaturated/α-hetero) is 14. The van der Waals surface area contributed by atoms with Crippen molar-refractivity contribution < 1.29 is 91.0 Å². The smallest absolute Gasteiger partial charge is 0.306 e. The van der Waals surface area contributed by atoms with Crippen LogP contribution in [0.4, 0.5) is 0 Å². The standard InChI is InChI=1S/C88H96O19/c1-49-31-79(97)61-26-23-58(36-61)67(46-89)38-70(93)28-30-76(94)66(37-59-24-21-56-11-8-9-12-71(56)59)43-84(102)73-29-27-63(39-75(73)68-44-85(106-47-68)52(4)34-77(95)50(2)32-80(98)62(18-15-53(5)90)40-82(100)60-25-22-57(49)35-60)86-45-69(48-107-86)81(99)33-51(3)78(96)41-64(19-16-54(6)91)87(103)74-14-10-13-72(74)83(101)42-65(88(104)105)20-17-55(7)92/h8-9,11-12,24-27,29,35-36,39,44-45,47-48,50-51,62,64-67,72,74,89H,1,4,10,13-23,28,30-34,37-38,40-43,46H2,2-3,5-7H3,(H,104,105). The van der Waals surface area contributed by atoms with Gasteiger partial charge < -0.3 is 33.4 Å². The molecule has 9 atom stereocenters. The first kappa shape index (κ1) is 81.1. The maximum Gasteiger partial charge on any atom is 0.306 e. The normalized spacial score (nSPS) is 21.7. The first-order valence-electron chi connectivity index (χ1n) is 37.4. The minimum absolute atomic E-state index is 0.0169. The summed E-state index contributed by atoms with van der Waals surface area (Å²) in [7, 11) is 0. The molecular weight excluding hydrogens is 1360 g/mol. The number of benzene rings is 2. The molecule has 6 bridgehead atoms. The number of furan rings is 2. The fraction of sp³-hybridized carbons (Fsp3) is 0.443. The highest BCUT2D eigenvalue weighted by Crippen LogP contribution is 2.42. The van der Waals surface area contributed by atoms with Gasteiger partial charge in [0.25, 0.3) is 0 Å². The van der Waals surface area contributed by atoms with Crippen LogP contribution in [0.5, 0.6) is 0 Å². The number of allylic oxidation sites excluding steroid dienone is 11. The fourth-order valence-corrected chi connectivity index (χ4v) is 15.4. The highest BCUT2D eigenvalue weighted by molar-refractivity contribution is 6.07. The zero-order valence-electron chi connectivity index (χ0n) is 61.9. The molecule has 2 N–H and O–H groups in total. The summed E-state index contributed by atoms with van der Waals surface area (Å²) in [5.74, 6) is -13.5. The highest BCUT2D eigenvalue weighted by Gasteiger charge is 2.42. The molecule has 0 spiro atoms. The van der Waals surface area contributed by atoms with Crippen LogP contribution < -0.4 is 0 Å². The number of aliphatic hydroxyl groups excluding tert-OH is 1. The van der Waals surface area contributed by atoms with E-state index in [-0.39, 0.29) is 202 Å². The van der Waals surface area contributed by atoms with E-state index in [0.717, 1.165) is 16.7 Å². The van der Waals surface area contributed by atoms with E-state index in [9.17, 15) is 77.3 Å². The van der Waals surface area contributed by atoms with Crippen molar-refractivity contribution in [3.05, 3.63) is 167 Å². The van der Waals surface area contributed by atoms with Crippen molar-refractivity contribution in [1.29, 1.82) is 0 Å². The SMILES string of the molecule is C=C1CC(=O)C2=CCC(=C2)C(CO)CC(=O)CCC(=O)C(CC2=CCc3ccccc32)CC(=O)c2ccc(-c3cc(C(=O)CC(C)C(=O)CC(CCC(C)=O)C(=O)C4CCCC4C(=O)CC(CCC(C)=O)C(=O)O)co3)cc2-c2coc(c2)C(=C)CC(=O)C(C)CC(=O)C(CCC(C)=O)CC(=O)C2=CCC1=C2. The van der Waals surface area contributed by atoms with Crippen molar-refractivity contribution in [3.8, 4) is 22.5 Å². The molecule has 19 heteroatoms. The number of rotatable bonds is 25. The second kappa shape index (κ2) is 37.0. The van der Waals surface area contributed by atoms with E-state index >= 15 is 4.79 Å². The molecule has 2 heterocycles. The third-order valence-electron chi connectivity index (χ3n) is 22.0. The maximum atomic E-state index is 15.3. The second-order valence-corrected chi connectivity index (χ2v) is 30.2. The maximum absolute atomic E-state index is 15.3. The van der Waals surface area contributed by atoms with E-state index in [0.29, 0.717) is 83.1 Å². The van der Waals surface area contributed by atoms with Gasteiger partial charge in [-0.05, 0) is 142 Å². The Kier molecular flexibility index (Phi) is 28.0. The molecule has 0 radical (unpaired) electrons. The summed E-state index contributed by atoms with van der Waals surface area (Å²) in [5, 5.41) is 20.5. The molecule has 0 saturated heterocycles. The molecule has 19 nitrogen and oxygen atoms in total. The van der Waals surface area contributed by atoms with Crippen LogP contribution in [0.15, 0.2) is 147 Å². The largest absolute Gasteiger partial charge is 0.481 e. The first-order valence-corrected chi connectivity index (χ1v) is 37.4. The van der Waals surface area contributed by atoms with Crippen LogP contribution in [0.2, 0.25) is 0 Å². The highest BCUT2D eigenvalue weighted by atomic mass is 16.4. The Morgan fingerprint density at radius 2 is 1.27 bits per heavy atom. The molecule has 2 aromatic carbocycles. The molecule has 1 fully saturated rings. The van der Waals surface area contributed by atoms with E-state index in [2.05, 4.69) is 13.2 Å². The summed E-state index contributed by atoms with van der Waals surface area (Å²) >= 11 is 0. The fourth-order valence-electron chi connectivity index (χ4n) is 15.4. The number of hydrogen-bond acceptors (Lipinski definition) is 18. The predicted octanol–water partition coefficient (Wildman–Crippen LogP) is 15.1. The van der Waals surface area contributed by atoms with Crippen molar-refractivity contribution in [1.82, 2.24) is 0 Å². The van der Waals surface area contributed by atoms with Crippen LogP contribution >= 0.6 is 0 Å². The van der Waals surface area contributed by atoms with E-state index in [1.807, 2.05) is 30.3 Å². The molecule has 2 aromatic heterocycles. The van der Waals surface area contributed by atoms with Crippen LogP contribution in [0.1, 0.15) is 220 Å². The molecular formula is C88H96O19. The van der Waals surface area contributed by atoms with E-state index in [1.165, 1.54) is 39.4 Å². The van der Waals surface area contributed by atoms with Gasteiger partial charge in [0.1, 0.15) is 75.6 Å². The van der Waals surface area contributed by atoms with Gasteiger partial charge in [-0.1, -0.05) is 99.7 Å². The van der Waals surface area contributed by atoms with E-state index < -0.39 is 89.0 Å². The van der Waals surface area contributed by atoms with Crippen LogP contribution in [0, 0.1) is 53.3 Å². The Balaban J connectivity index is 0.986. The van der Waals surface area contributed by atoms with Crippen LogP contribution in [-0.2, 0) is 68.7 Å². The zero-order valence-corrected chi connectivity index (χ0v) is 61.9. The van der Waals surface area contributed by atoms with Crippen molar-refractivity contribution in [2.45, 2.75) is 189 Å². The van der Waals surface area contributed by atoms with Crippen molar-refractivity contribution in [2.24, 2.45) is 53.3 Å². The number of aliphatic carboxylic acids is 1. The number of hydrogen-bond donors (Lipinski definition) is 2.